The lowest BCUT2D eigenvalue weighted by molar-refractivity contribution is 0.572. The fourth-order valence-corrected chi connectivity index (χ4v) is 2.60. The highest BCUT2D eigenvalue weighted by Gasteiger charge is 2.09. The van der Waals surface area contributed by atoms with Crippen molar-refractivity contribution in [1.29, 1.82) is 0 Å². The molecule has 0 saturated heterocycles. The minimum absolute atomic E-state index is 0. The highest BCUT2D eigenvalue weighted by molar-refractivity contribution is 14.0. The SMILES string of the molecule is CCNC(=NCc1coc(-c2ccccc2)n1)NC(C)c1ccccc1.I. The number of rotatable bonds is 6. The van der Waals surface area contributed by atoms with Crippen LogP contribution in [0.2, 0.25) is 0 Å². The van der Waals surface area contributed by atoms with Gasteiger partial charge in [-0.2, -0.15) is 0 Å². The van der Waals surface area contributed by atoms with E-state index in [0.29, 0.717) is 12.4 Å². The maximum Gasteiger partial charge on any atom is 0.226 e. The zero-order chi connectivity index (χ0) is 18.2. The first-order chi connectivity index (χ1) is 12.8. The Morgan fingerprint density at radius 3 is 2.41 bits per heavy atom. The molecule has 0 fully saturated rings. The van der Waals surface area contributed by atoms with Crippen molar-refractivity contribution in [1.82, 2.24) is 15.6 Å². The topological polar surface area (TPSA) is 62.5 Å². The number of oxazole rings is 1. The fraction of sp³-hybridized carbons (Fsp3) is 0.238. The average molecular weight is 476 g/mol. The number of aromatic nitrogens is 1. The van der Waals surface area contributed by atoms with Crippen LogP contribution in [-0.2, 0) is 6.54 Å². The van der Waals surface area contributed by atoms with Gasteiger partial charge in [0.1, 0.15) is 12.0 Å². The summed E-state index contributed by atoms with van der Waals surface area (Å²) in [6.07, 6.45) is 1.66. The summed E-state index contributed by atoms with van der Waals surface area (Å²) < 4.78 is 5.57. The molecule has 1 unspecified atom stereocenters. The van der Waals surface area contributed by atoms with E-state index in [9.17, 15) is 0 Å². The van der Waals surface area contributed by atoms with Crippen LogP contribution in [-0.4, -0.2) is 17.5 Å². The van der Waals surface area contributed by atoms with Gasteiger partial charge in [0.15, 0.2) is 5.96 Å². The van der Waals surface area contributed by atoms with Crippen LogP contribution >= 0.6 is 24.0 Å². The molecular weight excluding hydrogens is 451 g/mol. The van der Waals surface area contributed by atoms with Gasteiger partial charge >= 0.3 is 0 Å². The molecule has 0 aliphatic carbocycles. The van der Waals surface area contributed by atoms with Gasteiger partial charge < -0.3 is 15.1 Å². The van der Waals surface area contributed by atoms with Crippen LogP contribution < -0.4 is 10.6 Å². The van der Waals surface area contributed by atoms with Gasteiger partial charge in [-0.1, -0.05) is 48.5 Å². The Balaban J connectivity index is 0.00000261. The zero-order valence-corrected chi connectivity index (χ0v) is 17.9. The van der Waals surface area contributed by atoms with Gasteiger partial charge in [0, 0.05) is 12.1 Å². The molecule has 0 amide bonds. The first kappa shape index (κ1) is 21.0. The minimum atomic E-state index is 0. The van der Waals surface area contributed by atoms with Crippen LogP contribution in [0.15, 0.2) is 76.3 Å². The first-order valence-corrected chi connectivity index (χ1v) is 8.86. The summed E-state index contributed by atoms with van der Waals surface area (Å²) in [6.45, 7) is 5.41. The van der Waals surface area contributed by atoms with Gasteiger partial charge in [0.25, 0.3) is 0 Å². The van der Waals surface area contributed by atoms with Gasteiger partial charge in [-0.3, -0.25) is 0 Å². The van der Waals surface area contributed by atoms with E-state index in [1.807, 2.05) is 55.5 Å². The number of nitrogens with zero attached hydrogens (tertiary/aromatic N) is 2. The number of hydrogen-bond acceptors (Lipinski definition) is 3. The lowest BCUT2D eigenvalue weighted by atomic mass is 10.1. The van der Waals surface area contributed by atoms with Crippen LogP contribution in [0.1, 0.15) is 31.1 Å². The van der Waals surface area contributed by atoms with Crippen molar-refractivity contribution in [2.24, 2.45) is 4.99 Å². The molecule has 142 valence electrons. The number of guanidine groups is 1. The Morgan fingerprint density at radius 1 is 1.07 bits per heavy atom. The first-order valence-electron chi connectivity index (χ1n) is 8.86. The van der Waals surface area contributed by atoms with E-state index in [-0.39, 0.29) is 30.0 Å². The van der Waals surface area contributed by atoms with E-state index in [4.69, 9.17) is 4.42 Å². The third kappa shape index (κ3) is 6.09. The molecule has 1 heterocycles. The standard InChI is InChI=1S/C21H24N4O.HI/c1-3-22-21(24-16(2)17-10-6-4-7-11-17)23-14-19-15-26-20(25-19)18-12-8-5-9-13-18;/h4-13,15-16H,3,14H2,1-2H3,(H2,22,23,24);1H. The van der Waals surface area contributed by atoms with Crippen LogP contribution in [0, 0.1) is 0 Å². The summed E-state index contributed by atoms with van der Waals surface area (Å²) in [4.78, 5) is 9.15. The highest BCUT2D eigenvalue weighted by Crippen LogP contribution is 2.18. The second kappa shape index (κ2) is 10.7. The molecule has 2 N–H and O–H groups in total. The number of aliphatic imine (C=N–C) groups is 1. The van der Waals surface area contributed by atoms with E-state index in [1.165, 1.54) is 5.56 Å². The van der Waals surface area contributed by atoms with Gasteiger partial charge in [0.2, 0.25) is 5.89 Å². The fourth-order valence-electron chi connectivity index (χ4n) is 2.60. The summed E-state index contributed by atoms with van der Waals surface area (Å²) in [5.41, 5.74) is 2.98. The number of benzene rings is 2. The second-order valence-corrected chi connectivity index (χ2v) is 5.98. The number of hydrogen-bond donors (Lipinski definition) is 2. The Labute approximate surface area is 177 Å². The monoisotopic (exact) mass is 476 g/mol. The van der Waals surface area contributed by atoms with Crippen molar-refractivity contribution >= 4 is 29.9 Å². The molecule has 0 bridgehead atoms. The van der Waals surface area contributed by atoms with Crippen LogP contribution in [0.3, 0.4) is 0 Å². The zero-order valence-electron chi connectivity index (χ0n) is 15.6. The molecule has 3 aromatic rings. The van der Waals surface area contributed by atoms with Crippen molar-refractivity contribution in [2.45, 2.75) is 26.4 Å². The molecule has 0 saturated carbocycles. The Bertz CT molecular complexity index is 834. The summed E-state index contributed by atoms with van der Waals surface area (Å²) in [5, 5.41) is 6.70. The van der Waals surface area contributed by atoms with Gasteiger partial charge in [-0.25, -0.2) is 9.98 Å². The number of nitrogens with one attached hydrogen (secondary N) is 2. The van der Waals surface area contributed by atoms with Crippen molar-refractivity contribution in [3.05, 3.63) is 78.2 Å². The molecule has 2 aromatic carbocycles. The lowest BCUT2D eigenvalue weighted by Crippen LogP contribution is -2.38. The molecule has 5 nitrogen and oxygen atoms in total. The summed E-state index contributed by atoms with van der Waals surface area (Å²) >= 11 is 0. The molecule has 27 heavy (non-hydrogen) atoms. The van der Waals surface area contributed by atoms with E-state index in [2.05, 4.69) is 39.7 Å². The highest BCUT2D eigenvalue weighted by atomic mass is 127. The predicted molar refractivity (Wildman–Crippen MR) is 120 cm³/mol. The second-order valence-electron chi connectivity index (χ2n) is 5.98. The smallest absolute Gasteiger partial charge is 0.226 e. The van der Waals surface area contributed by atoms with Gasteiger partial charge in [-0.05, 0) is 31.5 Å². The molecule has 0 spiro atoms. The Morgan fingerprint density at radius 2 is 1.74 bits per heavy atom. The van der Waals surface area contributed by atoms with Crippen LogP contribution in [0.5, 0.6) is 0 Å². The van der Waals surface area contributed by atoms with Crippen molar-refractivity contribution < 1.29 is 4.42 Å². The quantitative estimate of drug-likeness (QED) is 0.306. The van der Waals surface area contributed by atoms with Crippen LogP contribution in [0.25, 0.3) is 11.5 Å². The van der Waals surface area contributed by atoms with Crippen molar-refractivity contribution in [2.75, 3.05) is 6.54 Å². The summed E-state index contributed by atoms with van der Waals surface area (Å²) in [6, 6.07) is 20.3. The molecule has 1 atom stereocenters. The molecule has 0 radical (unpaired) electrons. The Kier molecular flexibility index (Phi) is 8.32. The molecular formula is C21H25IN4O. The molecule has 0 aliphatic rings. The van der Waals surface area contributed by atoms with Crippen molar-refractivity contribution in [3.8, 4) is 11.5 Å². The largest absolute Gasteiger partial charge is 0.444 e. The Hall–Kier alpha value is -2.35. The minimum Gasteiger partial charge on any atom is -0.444 e. The van der Waals surface area contributed by atoms with E-state index < -0.39 is 0 Å². The van der Waals surface area contributed by atoms with Gasteiger partial charge in [-0.15, -0.1) is 24.0 Å². The van der Waals surface area contributed by atoms with E-state index >= 15 is 0 Å². The predicted octanol–water partition coefficient (Wildman–Crippen LogP) is 4.78. The molecule has 3 rings (SSSR count). The summed E-state index contributed by atoms with van der Waals surface area (Å²) in [7, 11) is 0. The third-order valence-electron chi connectivity index (χ3n) is 3.97. The number of halogens is 1. The van der Waals surface area contributed by atoms with E-state index in [1.54, 1.807) is 6.26 Å². The third-order valence-corrected chi connectivity index (χ3v) is 3.97. The van der Waals surface area contributed by atoms with E-state index in [0.717, 1.165) is 23.8 Å². The van der Waals surface area contributed by atoms with Crippen molar-refractivity contribution in [3.63, 3.8) is 0 Å². The normalized spacial score (nSPS) is 12.1. The maximum atomic E-state index is 5.57. The molecule has 6 heteroatoms. The van der Waals surface area contributed by atoms with Gasteiger partial charge in [0.05, 0.1) is 12.6 Å². The lowest BCUT2D eigenvalue weighted by Gasteiger charge is -2.18. The summed E-state index contributed by atoms with van der Waals surface area (Å²) in [5.74, 6) is 1.37. The average Bonchev–Trinajstić information content (AvgIpc) is 3.17. The maximum absolute atomic E-state index is 5.57. The molecule has 0 aliphatic heterocycles. The van der Waals surface area contributed by atoms with Crippen LogP contribution in [0.4, 0.5) is 0 Å². The molecule has 1 aromatic heterocycles.